The first-order chi connectivity index (χ1) is 12.1. The molecule has 0 radical (unpaired) electrons. The van der Waals surface area contributed by atoms with Crippen molar-refractivity contribution in [2.75, 3.05) is 19.6 Å². The second kappa shape index (κ2) is 9.75. The van der Waals surface area contributed by atoms with Gasteiger partial charge in [-0.2, -0.15) is 0 Å². The molecule has 0 aromatic carbocycles. The van der Waals surface area contributed by atoms with Crippen molar-refractivity contribution in [3.05, 3.63) is 0 Å². The molecule has 0 saturated carbocycles. The Morgan fingerprint density at radius 3 is 2.48 bits per heavy atom. The van der Waals surface area contributed by atoms with E-state index in [4.69, 9.17) is 5.21 Å². The standard InChI is InChI=1S/C18H31N3O4/c1-2-3-4-8-14(13-16(22)19-25)17(23)21-12-7-9-15(21)18(24)20-10-5-6-11-20/h14-15,25H,2-13H2,1H3,(H,19,22)/t14?,15-/m0/s1. The van der Waals surface area contributed by atoms with E-state index in [1.807, 2.05) is 4.90 Å². The molecule has 7 nitrogen and oxygen atoms in total. The molecular formula is C18H31N3O4. The van der Waals surface area contributed by atoms with E-state index in [0.29, 0.717) is 19.4 Å². The zero-order valence-electron chi connectivity index (χ0n) is 15.2. The summed E-state index contributed by atoms with van der Waals surface area (Å²) in [5.74, 6) is -1.07. The summed E-state index contributed by atoms with van der Waals surface area (Å²) >= 11 is 0. The highest BCUT2D eigenvalue weighted by Crippen LogP contribution is 2.26. The van der Waals surface area contributed by atoms with Gasteiger partial charge in [0.1, 0.15) is 6.04 Å². The number of nitrogens with one attached hydrogen (secondary N) is 1. The molecule has 7 heteroatoms. The summed E-state index contributed by atoms with van der Waals surface area (Å²) in [5, 5.41) is 8.80. The van der Waals surface area contributed by atoms with Crippen LogP contribution in [0.4, 0.5) is 0 Å². The van der Waals surface area contributed by atoms with E-state index in [2.05, 4.69) is 6.92 Å². The van der Waals surface area contributed by atoms with E-state index in [1.54, 1.807) is 10.4 Å². The number of nitrogens with zero attached hydrogens (tertiary/aromatic N) is 2. The largest absolute Gasteiger partial charge is 0.341 e. The lowest BCUT2D eigenvalue weighted by Gasteiger charge is -2.30. The molecule has 2 rings (SSSR count). The van der Waals surface area contributed by atoms with Gasteiger partial charge in [-0.05, 0) is 32.1 Å². The fourth-order valence-corrected chi connectivity index (χ4v) is 3.89. The highest BCUT2D eigenvalue weighted by Gasteiger charge is 2.39. The van der Waals surface area contributed by atoms with Crippen LogP contribution in [-0.2, 0) is 14.4 Å². The molecule has 142 valence electrons. The lowest BCUT2D eigenvalue weighted by molar-refractivity contribution is -0.147. The number of amides is 3. The Morgan fingerprint density at radius 2 is 1.84 bits per heavy atom. The molecule has 1 unspecified atom stereocenters. The van der Waals surface area contributed by atoms with Crippen molar-refractivity contribution in [3.8, 4) is 0 Å². The molecule has 0 aromatic rings. The molecule has 3 amide bonds. The Morgan fingerprint density at radius 1 is 1.12 bits per heavy atom. The van der Waals surface area contributed by atoms with Gasteiger partial charge in [-0.25, -0.2) is 5.48 Å². The normalized spacial score (nSPS) is 21.4. The Bertz CT molecular complexity index is 477. The molecule has 2 atom stereocenters. The van der Waals surface area contributed by atoms with Gasteiger partial charge < -0.3 is 9.80 Å². The van der Waals surface area contributed by atoms with Crippen molar-refractivity contribution >= 4 is 17.7 Å². The molecule has 2 fully saturated rings. The van der Waals surface area contributed by atoms with Crippen LogP contribution in [0.1, 0.15) is 64.7 Å². The summed E-state index contributed by atoms with van der Waals surface area (Å²) in [6.07, 6.45) is 7.07. The van der Waals surface area contributed by atoms with Crippen molar-refractivity contribution in [2.24, 2.45) is 5.92 Å². The third-order valence-electron chi connectivity index (χ3n) is 5.30. The Kier molecular flexibility index (Phi) is 7.68. The van der Waals surface area contributed by atoms with E-state index in [-0.39, 0.29) is 24.3 Å². The van der Waals surface area contributed by atoms with Crippen LogP contribution in [0.15, 0.2) is 0 Å². The Labute approximate surface area is 149 Å². The quantitative estimate of drug-likeness (QED) is 0.395. The van der Waals surface area contributed by atoms with Crippen molar-refractivity contribution in [2.45, 2.75) is 70.8 Å². The number of hydrogen-bond donors (Lipinski definition) is 2. The first kappa shape index (κ1) is 19.7. The van der Waals surface area contributed by atoms with Gasteiger partial charge in [-0.1, -0.05) is 26.2 Å². The van der Waals surface area contributed by atoms with Gasteiger partial charge in [0.05, 0.1) is 0 Å². The summed E-state index contributed by atoms with van der Waals surface area (Å²) < 4.78 is 0. The van der Waals surface area contributed by atoms with Crippen LogP contribution >= 0.6 is 0 Å². The smallest absolute Gasteiger partial charge is 0.245 e. The van der Waals surface area contributed by atoms with E-state index < -0.39 is 11.8 Å². The van der Waals surface area contributed by atoms with Gasteiger partial charge in [0.15, 0.2) is 0 Å². The average molecular weight is 353 g/mol. The SMILES string of the molecule is CCCCCC(CC(=O)NO)C(=O)N1CCC[C@H]1C(=O)N1CCCC1. The van der Waals surface area contributed by atoms with Gasteiger partial charge >= 0.3 is 0 Å². The number of carbonyl (C=O) groups is 3. The number of likely N-dealkylation sites (tertiary alicyclic amines) is 2. The second-order valence-corrected chi connectivity index (χ2v) is 7.15. The van der Waals surface area contributed by atoms with Gasteiger partial charge in [0.25, 0.3) is 0 Å². The minimum Gasteiger partial charge on any atom is -0.341 e. The van der Waals surface area contributed by atoms with Crippen LogP contribution in [0, 0.1) is 5.92 Å². The van der Waals surface area contributed by atoms with Gasteiger partial charge in [0.2, 0.25) is 17.7 Å². The van der Waals surface area contributed by atoms with Crippen molar-refractivity contribution in [1.29, 1.82) is 0 Å². The van der Waals surface area contributed by atoms with E-state index >= 15 is 0 Å². The van der Waals surface area contributed by atoms with Gasteiger partial charge in [-0.15, -0.1) is 0 Å². The van der Waals surface area contributed by atoms with Crippen LogP contribution in [0.2, 0.25) is 0 Å². The second-order valence-electron chi connectivity index (χ2n) is 7.15. The maximum Gasteiger partial charge on any atom is 0.245 e. The van der Waals surface area contributed by atoms with Crippen molar-refractivity contribution < 1.29 is 19.6 Å². The average Bonchev–Trinajstić information content (AvgIpc) is 3.31. The Balaban J connectivity index is 2.03. The first-order valence-electron chi connectivity index (χ1n) is 9.60. The first-order valence-corrected chi connectivity index (χ1v) is 9.60. The zero-order chi connectivity index (χ0) is 18.2. The molecule has 25 heavy (non-hydrogen) atoms. The maximum absolute atomic E-state index is 13.0. The van der Waals surface area contributed by atoms with Crippen LogP contribution in [-0.4, -0.2) is 58.4 Å². The molecule has 0 bridgehead atoms. The molecular weight excluding hydrogens is 322 g/mol. The predicted molar refractivity (Wildman–Crippen MR) is 92.7 cm³/mol. The molecule has 0 spiro atoms. The molecule has 2 N–H and O–H groups in total. The number of carbonyl (C=O) groups excluding carboxylic acids is 3. The summed E-state index contributed by atoms with van der Waals surface area (Å²) in [4.78, 5) is 40.9. The van der Waals surface area contributed by atoms with E-state index in [0.717, 1.165) is 51.6 Å². The fourth-order valence-electron chi connectivity index (χ4n) is 3.89. The molecule has 2 saturated heterocycles. The monoisotopic (exact) mass is 353 g/mol. The lowest BCUT2D eigenvalue weighted by Crippen LogP contribution is -2.49. The third kappa shape index (κ3) is 5.17. The van der Waals surface area contributed by atoms with E-state index in [1.165, 1.54) is 0 Å². The minimum absolute atomic E-state index is 0.0276. The van der Waals surface area contributed by atoms with Crippen LogP contribution in [0.5, 0.6) is 0 Å². The highest BCUT2D eigenvalue weighted by atomic mass is 16.5. The third-order valence-corrected chi connectivity index (χ3v) is 5.30. The Hall–Kier alpha value is -1.63. The summed E-state index contributed by atoms with van der Waals surface area (Å²) in [7, 11) is 0. The molecule has 2 heterocycles. The van der Waals surface area contributed by atoms with Gasteiger partial charge in [0, 0.05) is 32.0 Å². The topological polar surface area (TPSA) is 90.0 Å². The predicted octanol–water partition coefficient (Wildman–Crippen LogP) is 1.69. The number of unbranched alkanes of at least 4 members (excludes halogenated alkanes) is 2. The summed E-state index contributed by atoms with van der Waals surface area (Å²) in [5.41, 5.74) is 1.63. The summed E-state index contributed by atoms with van der Waals surface area (Å²) in [6, 6.07) is -0.378. The van der Waals surface area contributed by atoms with Gasteiger partial charge in [-0.3, -0.25) is 19.6 Å². The molecule has 0 aromatic heterocycles. The lowest BCUT2D eigenvalue weighted by atomic mass is 9.95. The molecule has 2 aliphatic rings. The number of rotatable bonds is 8. The van der Waals surface area contributed by atoms with Crippen molar-refractivity contribution in [1.82, 2.24) is 15.3 Å². The fraction of sp³-hybridized carbons (Fsp3) is 0.833. The summed E-state index contributed by atoms with van der Waals surface area (Å²) in [6.45, 7) is 4.23. The zero-order valence-corrected chi connectivity index (χ0v) is 15.2. The molecule has 0 aliphatic carbocycles. The molecule has 2 aliphatic heterocycles. The maximum atomic E-state index is 13.0. The van der Waals surface area contributed by atoms with Crippen LogP contribution in [0.25, 0.3) is 0 Å². The van der Waals surface area contributed by atoms with Crippen molar-refractivity contribution in [3.63, 3.8) is 0 Å². The number of hydrogen-bond acceptors (Lipinski definition) is 4. The minimum atomic E-state index is -0.545. The number of hydroxylamine groups is 1. The van der Waals surface area contributed by atoms with Crippen LogP contribution in [0.3, 0.4) is 0 Å². The highest BCUT2D eigenvalue weighted by molar-refractivity contribution is 5.91. The van der Waals surface area contributed by atoms with E-state index in [9.17, 15) is 14.4 Å². The van der Waals surface area contributed by atoms with Crippen LogP contribution < -0.4 is 5.48 Å².